The minimum absolute atomic E-state index is 0.0289. The fourth-order valence-corrected chi connectivity index (χ4v) is 1.86. The van der Waals surface area contributed by atoms with Crippen LogP contribution in [0.2, 0.25) is 5.02 Å². The first kappa shape index (κ1) is 12.1. The van der Waals surface area contributed by atoms with Gasteiger partial charge in [0.15, 0.2) is 0 Å². The molecule has 0 radical (unpaired) electrons. The topological polar surface area (TPSA) is 37.3 Å². The van der Waals surface area contributed by atoms with Crippen molar-refractivity contribution in [2.75, 3.05) is 0 Å². The fourth-order valence-electron chi connectivity index (χ4n) is 1.66. The van der Waals surface area contributed by atoms with Gasteiger partial charge in [0, 0.05) is 5.02 Å². The van der Waals surface area contributed by atoms with Gasteiger partial charge < -0.3 is 5.11 Å². The number of carboxylic acid groups (broad SMARTS) is 1. The summed E-state index contributed by atoms with van der Waals surface area (Å²) < 4.78 is 0. The average Bonchev–Trinajstić information content (AvgIpc) is 2.13. The van der Waals surface area contributed by atoms with Crippen molar-refractivity contribution in [1.82, 2.24) is 0 Å². The van der Waals surface area contributed by atoms with Crippen LogP contribution in [0.1, 0.15) is 31.7 Å². The Morgan fingerprint density at radius 2 is 2.13 bits per heavy atom. The number of carbonyl (C=O) groups is 1. The standard InChI is InChI=1S/C12H15ClO2/c1-8(2)11(7-12(14)15)9-4-3-5-10(13)6-9/h3-6,8,11H,7H2,1-2H3,(H,14,15). The molecule has 0 aliphatic rings. The lowest BCUT2D eigenvalue weighted by Gasteiger charge is -2.19. The van der Waals surface area contributed by atoms with Gasteiger partial charge in [0.2, 0.25) is 0 Å². The minimum atomic E-state index is -0.770. The highest BCUT2D eigenvalue weighted by atomic mass is 35.5. The summed E-state index contributed by atoms with van der Waals surface area (Å²) in [4.78, 5) is 10.7. The van der Waals surface area contributed by atoms with Gasteiger partial charge in [-0.2, -0.15) is 0 Å². The van der Waals surface area contributed by atoms with Crippen molar-refractivity contribution in [2.45, 2.75) is 26.2 Å². The van der Waals surface area contributed by atoms with Crippen molar-refractivity contribution >= 4 is 17.6 Å². The van der Waals surface area contributed by atoms with E-state index in [1.807, 2.05) is 32.0 Å². The Bertz CT molecular complexity index is 347. The van der Waals surface area contributed by atoms with Crippen LogP contribution in [0, 0.1) is 5.92 Å². The van der Waals surface area contributed by atoms with E-state index >= 15 is 0 Å². The van der Waals surface area contributed by atoms with Crippen LogP contribution in [0.25, 0.3) is 0 Å². The molecule has 0 spiro atoms. The molecular formula is C12H15ClO2. The molecule has 0 aliphatic carbocycles. The quantitative estimate of drug-likeness (QED) is 0.853. The summed E-state index contributed by atoms with van der Waals surface area (Å²) in [6.07, 6.45) is 0.151. The summed E-state index contributed by atoms with van der Waals surface area (Å²) in [6.45, 7) is 4.04. The van der Waals surface area contributed by atoms with Crippen LogP contribution < -0.4 is 0 Å². The fraction of sp³-hybridized carbons (Fsp3) is 0.417. The first-order valence-electron chi connectivity index (χ1n) is 4.98. The van der Waals surface area contributed by atoms with Gasteiger partial charge in [-0.25, -0.2) is 0 Å². The van der Waals surface area contributed by atoms with Crippen molar-refractivity contribution in [1.29, 1.82) is 0 Å². The summed E-state index contributed by atoms with van der Waals surface area (Å²) in [5.41, 5.74) is 1.000. The van der Waals surface area contributed by atoms with Gasteiger partial charge >= 0.3 is 5.97 Å². The van der Waals surface area contributed by atoms with Gasteiger partial charge in [0.1, 0.15) is 0 Å². The molecule has 1 N–H and O–H groups in total. The molecule has 1 unspecified atom stereocenters. The molecule has 2 nitrogen and oxygen atoms in total. The maximum Gasteiger partial charge on any atom is 0.303 e. The van der Waals surface area contributed by atoms with Gasteiger partial charge in [0.05, 0.1) is 6.42 Å². The summed E-state index contributed by atoms with van der Waals surface area (Å²) >= 11 is 5.88. The number of hydrogen-bond donors (Lipinski definition) is 1. The molecule has 0 heterocycles. The van der Waals surface area contributed by atoms with Crippen LogP contribution in [0.15, 0.2) is 24.3 Å². The van der Waals surface area contributed by atoms with Crippen LogP contribution in [-0.2, 0) is 4.79 Å². The molecule has 0 fully saturated rings. The maximum atomic E-state index is 10.7. The smallest absolute Gasteiger partial charge is 0.303 e. The Morgan fingerprint density at radius 3 is 2.60 bits per heavy atom. The molecule has 1 aromatic carbocycles. The number of halogens is 1. The Morgan fingerprint density at radius 1 is 1.47 bits per heavy atom. The first-order valence-corrected chi connectivity index (χ1v) is 5.35. The SMILES string of the molecule is CC(C)C(CC(=O)O)c1cccc(Cl)c1. The molecule has 0 aromatic heterocycles. The van der Waals surface area contributed by atoms with E-state index in [2.05, 4.69) is 0 Å². The molecule has 3 heteroatoms. The zero-order valence-corrected chi connectivity index (χ0v) is 9.66. The number of rotatable bonds is 4. The van der Waals surface area contributed by atoms with E-state index in [1.54, 1.807) is 6.07 Å². The van der Waals surface area contributed by atoms with Crippen LogP contribution in [0.4, 0.5) is 0 Å². The Labute approximate surface area is 94.9 Å². The first-order chi connectivity index (χ1) is 7.00. The van der Waals surface area contributed by atoms with Crippen molar-refractivity contribution in [3.05, 3.63) is 34.9 Å². The lowest BCUT2D eigenvalue weighted by molar-refractivity contribution is -0.137. The summed E-state index contributed by atoms with van der Waals surface area (Å²) in [7, 11) is 0. The summed E-state index contributed by atoms with van der Waals surface area (Å²) in [6, 6.07) is 7.42. The van der Waals surface area contributed by atoms with Crippen LogP contribution >= 0.6 is 11.6 Å². The van der Waals surface area contributed by atoms with E-state index in [0.717, 1.165) is 5.56 Å². The predicted molar refractivity (Wildman–Crippen MR) is 61.3 cm³/mol. The van der Waals surface area contributed by atoms with E-state index in [9.17, 15) is 4.79 Å². The molecule has 0 aliphatic heterocycles. The summed E-state index contributed by atoms with van der Waals surface area (Å²) in [5, 5.41) is 9.49. The normalized spacial score (nSPS) is 12.8. The van der Waals surface area contributed by atoms with Crippen LogP contribution in [-0.4, -0.2) is 11.1 Å². The number of carboxylic acids is 1. The zero-order chi connectivity index (χ0) is 11.4. The Balaban J connectivity index is 2.93. The number of hydrogen-bond acceptors (Lipinski definition) is 1. The van der Waals surface area contributed by atoms with E-state index in [-0.39, 0.29) is 12.3 Å². The Hall–Kier alpha value is -1.02. The molecular weight excluding hydrogens is 212 g/mol. The van der Waals surface area contributed by atoms with Gasteiger partial charge in [-0.15, -0.1) is 0 Å². The number of benzene rings is 1. The highest BCUT2D eigenvalue weighted by molar-refractivity contribution is 6.30. The highest BCUT2D eigenvalue weighted by Gasteiger charge is 2.19. The molecule has 0 saturated carbocycles. The lowest BCUT2D eigenvalue weighted by atomic mass is 9.86. The predicted octanol–water partition coefficient (Wildman–Crippen LogP) is 3.55. The van der Waals surface area contributed by atoms with Crippen molar-refractivity contribution in [3.63, 3.8) is 0 Å². The van der Waals surface area contributed by atoms with Crippen molar-refractivity contribution < 1.29 is 9.90 Å². The van der Waals surface area contributed by atoms with Gasteiger partial charge in [-0.05, 0) is 29.5 Å². The van der Waals surface area contributed by atoms with Crippen molar-refractivity contribution in [2.24, 2.45) is 5.92 Å². The molecule has 15 heavy (non-hydrogen) atoms. The minimum Gasteiger partial charge on any atom is -0.481 e. The third-order valence-electron chi connectivity index (χ3n) is 2.48. The molecule has 0 amide bonds. The average molecular weight is 227 g/mol. The maximum absolute atomic E-state index is 10.7. The van der Waals surface area contributed by atoms with E-state index in [4.69, 9.17) is 16.7 Å². The highest BCUT2D eigenvalue weighted by Crippen LogP contribution is 2.29. The molecule has 1 atom stereocenters. The third kappa shape index (κ3) is 3.56. The van der Waals surface area contributed by atoms with Gasteiger partial charge in [0.25, 0.3) is 0 Å². The van der Waals surface area contributed by atoms with E-state index in [0.29, 0.717) is 10.9 Å². The van der Waals surface area contributed by atoms with E-state index in [1.165, 1.54) is 0 Å². The van der Waals surface area contributed by atoms with Crippen LogP contribution in [0.3, 0.4) is 0 Å². The van der Waals surface area contributed by atoms with Crippen molar-refractivity contribution in [3.8, 4) is 0 Å². The van der Waals surface area contributed by atoms with Crippen LogP contribution in [0.5, 0.6) is 0 Å². The second kappa shape index (κ2) is 5.17. The van der Waals surface area contributed by atoms with Gasteiger partial charge in [-0.3, -0.25) is 4.79 Å². The number of aliphatic carboxylic acids is 1. The molecule has 1 aromatic rings. The molecule has 0 saturated heterocycles. The molecule has 82 valence electrons. The van der Waals surface area contributed by atoms with Gasteiger partial charge in [-0.1, -0.05) is 37.6 Å². The largest absolute Gasteiger partial charge is 0.481 e. The zero-order valence-electron chi connectivity index (χ0n) is 8.90. The second-order valence-electron chi connectivity index (χ2n) is 4.00. The Kier molecular flexibility index (Phi) is 4.15. The molecule has 1 rings (SSSR count). The monoisotopic (exact) mass is 226 g/mol. The second-order valence-corrected chi connectivity index (χ2v) is 4.44. The lowest BCUT2D eigenvalue weighted by Crippen LogP contribution is -2.12. The van der Waals surface area contributed by atoms with E-state index < -0.39 is 5.97 Å². The third-order valence-corrected chi connectivity index (χ3v) is 2.71. The summed E-state index contributed by atoms with van der Waals surface area (Å²) in [5.74, 6) is -0.450. The molecule has 0 bridgehead atoms.